The molecule has 0 bridgehead atoms. The third kappa shape index (κ3) is 4.55. The first-order valence-corrected chi connectivity index (χ1v) is 7.17. The van der Waals surface area contributed by atoms with Crippen molar-refractivity contribution in [1.29, 1.82) is 0 Å². The predicted octanol–water partition coefficient (Wildman–Crippen LogP) is 5.82. The summed E-state index contributed by atoms with van der Waals surface area (Å²) < 4.78 is 0. The fourth-order valence-corrected chi connectivity index (χ4v) is 2.73. The van der Waals surface area contributed by atoms with E-state index in [9.17, 15) is 0 Å². The molecule has 0 N–H and O–H groups in total. The number of hydrogen-bond donors (Lipinski definition) is 0. The van der Waals surface area contributed by atoms with E-state index in [0.29, 0.717) is 0 Å². The summed E-state index contributed by atoms with van der Waals surface area (Å²) in [6, 6.07) is 10.9. The van der Waals surface area contributed by atoms with E-state index < -0.39 is 0 Å². The second kappa shape index (κ2) is 8.53. The van der Waals surface area contributed by atoms with Crippen LogP contribution in [0.1, 0.15) is 44.1 Å². The summed E-state index contributed by atoms with van der Waals surface area (Å²) in [5.41, 5.74) is 1.68. The van der Waals surface area contributed by atoms with Crippen molar-refractivity contribution in [3.8, 4) is 0 Å². The van der Waals surface area contributed by atoms with Gasteiger partial charge in [0.2, 0.25) is 0 Å². The van der Waals surface area contributed by atoms with Crippen molar-refractivity contribution in [2.75, 3.05) is 0 Å². The van der Waals surface area contributed by atoms with Gasteiger partial charge < -0.3 is 0 Å². The van der Waals surface area contributed by atoms with Crippen LogP contribution >= 0.6 is 0 Å². The van der Waals surface area contributed by atoms with Crippen LogP contribution in [-0.4, -0.2) is 0 Å². The van der Waals surface area contributed by atoms with Crippen molar-refractivity contribution in [2.24, 2.45) is 0 Å². The molecule has 0 aliphatic rings. The summed E-state index contributed by atoms with van der Waals surface area (Å²) in [7, 11) is 0. The molecule has 0 spiro atoms. The van der Waals surface area contributed by atoms with Crippen molar-refractivity contribution in [1.82, 2.24) is 0 Å². The average Bonchev–Trinajstić information content (AvgIpc) is 2.48. The lowest BCUT2D eigenvalue weighted by Crippen LogP contribution is -2.26. The summed E-state index contributed by atoms with van der Waals surface area (Å²) in [5, 5.41) is 0. The Morgan fingerprint density at radius 3 is 1.53 bits per heavy atom. The second-order valence-corrected chi connectivity index (χ2v) is 5.13. The maximum Gasteiger partial charge on any atom is -0.00381 e. The van der Waals surface area contributed by atoms with E-state index >= 15 is 0 Å². The fraction of sp³-hybridized carbons (Fsp3) is 0.368. The lowest BCUT2D eigenvalue weighted by atomic mass is 9.70. The van der Waals surface area contributed by atoms with Crippen molar-refractivity contribution in [3.63, 3.8) is 0 Å². The molecule has 0 radical (unpaired) electrons. The molecule has 0 heteroatoms. The van der Waals surface area contributed by atoms with Crippen LogP contribution in [0.15, 0.2) is 68.3 Å². The summed E-state index contributed by atoms with van der Waals surface area (Å²) >= 11 is 0. The van der Waals surface area contributed by atoms with Crippen molar-refractivity contribution < 1.29 is 0 Å². The van der Waals surface area contributed by atoms with Gasteiger partial charge in [0.1, 0.15) is 0 Å². The van der Waals surface area contributed by atoms with Crippen molar-refractivity contribution in [3.05, 3.63) is 73.9 Å². The van der Waals surface area contributed by atoms with Crippen molar-refractivity contribution >= 4 is 0 Å². The van der Waals surface area contributed by atoms with Crippen LogP contribution in [-0.2, 0) is 5.41 Å². The molecule has 0 amide bonds. The molecule has 1 aromatic rings. The topological polar surface area (TPSA) is 0 Å². The molecule has 0 atom stereocenters. The lowest BCUT2D eigenvalue weighted by Gasteiger charge is -2.34. The highest BCUT2D eigenvalue weighted by atomic mass is 14.3. The fourth-order valence-electron chi connectivity index (χ4n) is 2.73. The van der Waals surface area contributed by atoms with E-state index in [1.54, 1.807) is 0 Å². The molecule has 0 saturated carbocycles. The van der Waals surface area contributed by atoms with Crippen LogP contribution < -0.4 is 0 Å². The maximum atomic E-state index is 3.88. The standard InChI is InChI=1S/C19H26/c1-4-7-15-19(16-8-5-2,17-9-6-3)18-13-11-10-12-14-18/h4-6,10-14H,1-3,7-9,15-17H2. The number of hydrogen-bond acceptors (Lipinski definition) is 0. The molecule has 0 aliphatic heterocycles. The van der Waals surface area contributed by atoms with Gasteiger partial charge in [-0.2, -0.15) is 0 Å². The van der Waals surface area contributed by atoms with Gasteiger partial charge in [-0.1, -0.05) is 48.6 Å². The Morgan fingerprint density at radius 1 is 0.737 bits per heavy atom. The zero-order valence-electron chi connectivity index (χ0n) is 12.0. The molecule has 0 aliphatic carbocycles. The Kier molecular flexibility index (Phi) is 6.95. The van der Waals surface area contributed by atoms with Gasteiger partial charge in [0.25, 0.3) is 0 Å². The third-order valence-electron chi connectivity index (χ3n) is 3.87. The normalized spacial score (nSPS) is 10.9. The summed E-state index contributed by atoms with van der Waals surface area (Å²) in [6.45, 7) is 11.6. The van der Waals surface area contributed by atoms with Crippen LogP contribution in [0.4, 0.5) is 0 Å². The molecule has 0 nitrogen and oxygen atoms in total. The van der Waals surface area contributed by atoms with Crippen LogP contribution in [0, 0.1) is 0 Å². The molecule has 0 heterocycles. The van der Waals surface area contributed by atoms with E-state index in [2.05, 4.69) is 50.1 Å². The average molecular weight is 254 g/mol. The molecule has 19 heavy (non-hydrogen) atoms. The smallest absolute Gasteiger partial charge is 0.00381 e. The van der Waals surface area contributed by atoms with E-state index in [-0.39, 0.29) is 5.41 Å². The minimum atomic E-state index is 0.234. The Balaban J connectivity index is 3.03. The Morgan fingerprint density at radius 2 is 1.16 bits per heavy atom. The first kappa shape index (κ1) is 15.5. The largest absolute Gasteiger partial charge is 0.103 e. The lowest BCUT2D eigenvalue weighted by molar-refractivity contribution is 0.344. The number of allylic oxidation sites excluding steroid dienone is 3. The molecule has 0 unspecified atom stereocenters. The number of benzene rings is 1. The van der Waals surface area contributed by atoms with Crippen LogP contribution in [0.2, 0.25) is 0 Å². The van der Waals surface area contributed by atoms with Crippen LogP contribution in [0.25, 0.3) is 0 Å². The molecule has 1 rings (SSSR count). The molecule has 0 fully saturated rings. The number of rotatable bonds is 10. The van der Waals surface area contributed by atoms with Gasteiger partial charge in [-0.05, 0) is 49.5 Å². The van der Waals surface area contributed by atoms with Gasteiger partial charge >= 0.3 is 0 Å². The molecular formula is C19H26. The van der Waals surface area contributed by atoms with Gasteiger partial charge in [-0.25, -0.2) is 0 Å². The predicted molar refractivity (Wildman–Crippen MR) is 86.4 cm³/mol. The van der Waals surface area contributed by atoms with E-state index in [1.165, 1.54) is 5.56 Å². The SMILES string of the molecule is C=CCCC(CCC=C)(CCC=C)c1ccccc1. The monoisotopic (exact) mass is 254 g/mol. The van der Waals surface area contributed by atoms with Gasteiger partial charge in [0.15, 0.2) is 0 Å². The Labute approximate surface area is 118 Å². The van der Waals surface area contributed by atoms with Crippen LogP contribution in [0.3, 0.4) is 0 Å². The Hall–Kier alpha value is -1.56. The minimum absolute atomic E-state index is 0.234. The summed E-state index contributed by atoms with van der Waals surface area (Å²) in [4.78, 5) is 0. The van der Waals surface area contributed by atoms with Gasteiger partial charge in [0, 0.05) is 0 Å². The zero-order chi connectivity index (χ0) is 14.0. The molecule has 0 saturated heterocycles. The molecule has 0 aromatic heterocycles. The van der Waals surface area contributed by atoms with Gasteiger partial charge in [0.05, 0.1) is 0 Å². The van der Waals surface area contributed by atoms with E-state index in [4.69, 9.17) is 0 Å². The second-order valence-electron chi connectivity index (χ2n) is 5.13. The van der Waals surface area contributed by atoms with Crippen LogP contribution in [0.5, 0.6) is 0 Å². The highest BCUT2D eigenvalue weighted by Gasteiger charge is 2.29. The van der Waals surface area contributed by atoms with E-state index in [1.807, 2.05) is 18.2 Å². The summed E-state index contributed by atoms with van der Waals surface area (Å²) in [6.07, 6.45) is 12.7. The minimum Gasteiger partial charge on any atom is -0.103 e. The molecule has 102 valence electrons. The quantitative estimate of drug-likeness (QED) is 0.461. The zero-order valence-corrected chi connectivity index (χ0v) is 12.0. The van der Waals surface area contributed by atoms with E-state index in [0.717, 1.165) is 38.5 Å². The Bertz CT molecular complexity index is 354. The maximum absolute atomic E-state index is 3.88. The van der Waals surface area contributed by atoms with Gasteiger partial charge in [-0.3, -0.25) is 0 Å². The first-order valence-electron chi connectivity index (χ1n) is 7.17. The molecule has 1 aromatic carbocycles. The highest BCUT2D eigenvalue weighted by Crippen LogP contribution is 2.39. The summed E-state index contributed by atoms with van der Waals surface area (Å²) in [5.74, 6) is 0. The van der Waals surface area contributed by atoms with Crippen molar-refractivity contribution in [2.45, 2.75) is 43.9 Å². The first-order chi connectivity index (χ1) is 9.29. The van der Waals surface area contributed by atoms with Gasteiger partial charge in [-0.15, -0.1) is 19.7 Å². The molecular weight excluding hydrogens is 228 g/mol. The third-order valence-corrected chi connectivity index (χ3v) is 3.87. The highest BCUT2D eigenvalue weighted by molar-refractivity contribution is 5.26.